The first-order chi connectivity index (χ1) is 7.33. The normalized spacial score (nSPS) is 10.7. The van der Waals surface area contributed by atoms with Crippen LogP contribution in [0.2, 0.25) is 0 Å². The van der Waals surface area contributed by atoms with Crippen molar-refractivity contribution in [1.29, 1.82) is 0 Å². The van der Waals surface area contributed by atoms with Gasteiger partial charge in [-0.1, -0.05) is 0 Å². The molecule has 0 aromatic carbocycles. The molecule has 0 fully saturated rings. The van der Waals surface area contributed by atoms with Gasteiger partial charge in [-0.3, -0.25) is 9.78 Å². The van der Waals surface area contributed by atoms with Crippen molar-refractivity contribution in [2.24, 2.45) is 5.73 Å². The average Bonchev–Trinajstić information content (AvgIpc) is 2.69. The number of nitrogens with two attached hydrogens (primary N) is 1. The highest BCUT2D eigenvalue weighted by Crippen LogP contribution is 2.15. The van der Waals surface area contributed by atoms with Gasteiger partial charge in [0.1, 0.15) is 5.52 Å². The molecule has 2 aromatic heterocycles. The molecular formula is C10H12N4O. The molecule has 2 aromatic rings. The fraction of sp³-hybridized carbons (Fsp3) is 0.300. The predicted octanol–water partition coefficient (Wildman–Crippen LogP) is 0.880. The molecule has 5 heteroatoms. The molecule has 0 saturated heterocycles. The number of aromatic nitrogens is 3. The number of H-pyrrole nitrogens is 1. The molecule has 15 heavy (non-hydrogen) atoms. The van der Waals surface area contributed by atoms with Gasteiger partial charge in [0.2, 0.25) is 0 Å². The van der Waals surface area contributed by atoms with Crippen molar-refractivity contribution in [1.82, 2.24) is 15.0 Å². The van der Waals surface area contributed by atoms with Crippen LogP contribution in [0.5, 0.6) is 0 Å². The van der Waals surface area contributed by atoms with E-state index >= 15 is 0 Å². The average molecular weight is 204 g/mol. The second kappa shape index (κ2) is 4.18. The van der Waals surface area contributed by atoms with E-state index in [2.05, 4.69) is 15.0 Å². The summed E-state index contributed by atoms with van der Waals surface area (Å²) in [7, 11) is 0. The largest absolute Gasteiger partial charge is 0.344 e. The van der Waals surface area contributed by atoms with Crippen LogP contribution in [0.4, 0.5) is 0 Å². The van der Waals surface area contributed by atoms with E-state index in [1.807, 2.05) is 0 Å². The van der Waals surface area contributed by atoms with Gasteiger partial charge >= 0.3 is 0 Å². The number of fused-ring (bicyclic) bond motifs is 1. The maximum absolute atomic E-state index is 11.7. The lowest BCUT2D eigenvalue weighted by Gasteiger charge is -1.96. The first-order valence-electron chi connectivity index (χ1n) is 4.84. The van der Waals surface area contributed by atoms with Crippen molar-refractivity contribution in [3.8, 4) is 0 Å². The molecule has 0 unspecified atom stereocenters. The molecule has 0 aliphatic heterocycles. The van der Waals surface area contributed by atoms with Crippen molar-refractivity contribution < 1.29 is 4.79 Å². The van der Waals surface area contributed by atoms with E-state index in [1.165, 1.54) is 0 Å². The molecule has 2 heterocycles. The van der Waals surface area contributed by atoms with Gasteiger partial charge in [-0.25, -0.2) is 4.98 Å². The zero-order chi connectivity index (χ0) is 10.7. The van der Waals surface area contributed by atoms with E-state index in [0.717, 1.165) is 0 Å². The van der Waals surface area contributed by atoms with Crippen LogP contribution in [0.15, 0.2) is 18.6 Å². The molecule has 0 amide bonds. The number of carbonyl (C=O) groups excluding carboxylic acids is 1. The summed E-state index contributed by atoms with van der Waals surface area (Å²) >= 11 is 0. The Morgan fingerprint density at radius 1 is 1.40 bits per heavy atom. The number of nitrogens with zero attached hydrogens (tertiary/aromatic N) is 2. The summed E-state index contributed by atoms with van der Waals surface area (Å²) in [5.41, 5.74) is 7.24. The predicted molar refractivity (Wildman–Crippen MR) is 56.5 cm³/mol. The molecule has 5 nitrogen and oxygen atoms in total. The van der Waals surface area contributed by atoms with Crippen molar-refractivity contribution in [3.05, 3.63) is 24.2 Å². The second-order valence-corrected chi connectivity index (χ2v) is 3.27. The number of aromatic amines is 1. The zero-order valence-corrected chi connectivity index (χ0v) is 8.23. The van der Waals surface area contributed by atoms with Crippen molar-refractivity contribution in [3.63, 3.8) is 0 Å². The lowest BCUT2D eigenvalue weighted by molar-refractivity contribution is 0.0982. The molecule has 0 saturated carbocycles. The summed E-state index contributed by atoms with van der Waals surface area (Å²) in [5, 5.41) is 0. The molecule has 0 spiro atoms. The summed E-state index contributed by atoms with van der Waals surface area (Å²) in [6, 6.07) is 0. The lowest BCUT2D eigenvalue weighted by atomic mass is 10.1. The van der Waals surface area contributed by atoms with Crippen LogP contribution < -0.4 is 5.73 Å². The van der Waals surface area contributed by atoms with E-state index in [-0.39, 0.29) is 5.78 Å². The van der Waals surface area contributed by atoms with Gasteiger partial charge in [-0.05, 0) is 13.0 Å². The van der Waals surface area contributed by atoms with Crippen LogP contribution in [0.1, 0.15) is 23.2 Å². The number of hydrogen-bond acceptors (Lipinski definition) is 4. The molecule has 78 valence electrons. The van der Waals surface area contributed by atoms with Gasteiger partial charge < -0.3 is 10.7 Å². The summed E-state index contributed by atoms with van der Waals surface area (Å²) in [4.78, 5) is 22.8. The van der Waals surface area contributed by atoms with Crippen LogP contribution in [-0.2, 0) is 0 Å². The van der Waals surface area contributed by atoms with Crippen LogP contribution in [0, 0.1) is 0 Å². The van der Waals surface area contributed by atoms with E-state index < -0.39 is 0 Å². The van der Waals surface area contributed by atoms with Gasteiger partial charge in [0.15, 0.2) is 11.4 Å². The minimum absolute atomic E-state index is 0.0622. The number of Topliss-reactive ketones (excluding diaryl/α,β-unsaturated/α-hetero) is 1. The van der Waals surface area contributed by atoms with Crippen LogP contribution in [0.3, 0.4) is 0 Å². The van der Waals surface area contributed by atoms with Gasteiger partial charge in [0, 0.05) is 25.0 Å². The Morgan fingerprint density at radius 3 is 3.00 bits per heavy atom. The number of rotatable bonds is 4. The van der Waals surface area contributed by atoms with Gasteiger partial charge in [0.05, 0.1) is 5.56 Å². The van der Waals surface area contributed by atoms with E-state index in [4.69, 9.17) is 5.73 Å². The van der Waals surface area contributed by atoms with Crippen LogP contribution in [-0.4, -0.2) is 27.3 Å². The summed E-state index contributed by atoms with van der Waals surface area (Å²) in [5.74, 6) is 0.0622. The van der Waals surface area contributed by atoms with Gasteiger partial charge in [-0.15, -0.1) is 0 Å². The third-order valence-corrected chi connectivity index (χ3v) is 2.21. The molecule has 0 radical (unpaired) electrons. The smallest absolute Gasteiger partial charge is 0.166 e. The quantitative estimate of drug-likeness (QED) is 0.724. The fourth-order valence-corrected chi connectivity index (χ4v) is 1.46. The number of hydrogen-bond donors (Lipinski definition) is 2. The number of nitrogens with one attached hydrogen (secondary N) is 1. The Hall–Kier alpha value is -1.75. The SMILES string of the molecule is NCCCC(=O)c1c[nH]c2nccnc12. The Kier molecular flexibility index (Phi) is 2.73. The fourth-order valence-electron chi connectivity index (χ4n) is 1.46. The highest BCUT2D eigenvalue weighted by molar-refractivity contribution is 6.05. The summed E-state index contributed by atoms with van der Waals surface area (Å²) < 4.78 is 0. The first-order valence-corrected chi connectivity index (χ1v) is 4.84. The maximum atomic E-state index is 11.7. The summed E-state index contributed by atoms with van der Waals surface area (Å²) in [6.45, 7) is 0.528. The van der Waals surface area contributed by atoms with Crippen molar-refractivity contribution >= 4 is 16.9 Å². The molecule has 2 rings (SSSR count). The minimum atomic E-state index is 0.0622. The van der Waals surface area contributed by atoms with E-state index in [1.54, 1.807) is 18.6 Å². The molecule has 0 aliphatic carbocycles. The number of ketones is 1. The Bertz CT molecular complexity index is 477. The Labute approximate surface area is 86.7 Å². The van der Waals surface area contributed by atoms with Crippen LogP contribution >= 0.6 is 0 Å². The van der Waals surface area contributed by atoms with Gasteiger partial charge in [0.25, 0.3) is 0 Å². The third kappa shape index (κ3) is 1.87. The highest BCUT2D eigenvalue weighted by atomic mass is 16.1. The monoisotopic (exact) mass is 204 g/mol. The summed E-state index contributed by atoms with van der Waals surface area (Å²) in [6.07, 6.45) is 5.98. The topological polar surface area (TPSA) is 84.7 Å². The minimum Gasteiger partial charge on any atom is -0.344 e. The molecule has 0 bridgehead atoms. The van der Waals surface area contributed by atoms with Crippen molar-refractivity contribution in [2.45, 2.75) is 12.8 Å². The third-order valence-electron chi connectivity index (χ3n) is 2.21. The zero-order valence-electron chi connectivity index (χ0n) is 8.23. The van der Waals surface area contributed by atoms with Crippen molar-refractivity contribution in [2.75, 3.05) is 6.54 Å². The molecule has 3 N–H and O–H groups in total. The highest BCUT2D eigenvalue weighted by Gasteiger charge is 2.12. The molecule has 0 aliphatic rings. The van der Waals surface area contributed by atoms with Crippen LogP contribution in [0.25, 0.3) is 11.2 Å². The van der Waals surface area contributed by atoms with E-state index in [0.29, 0.717) is 36.1 Å². The standard InChI is InChI=1S/C10H12N4O/c11-3-1-2-8(15)7-6-14-10-9(7)12-4-5-13-10/h4-6H,1-3,11H2,(H,13,14). The number of carbonyl (C=O) groups is 1. The molecular weight excluding hydrogens is 192 g/mol. The second-order valence-electron chi connectivity index (χ2n) is 3.27. The Balaban J connectivity index is 2.31. The Morgan fingerprint density at radius 2 is 2.20 bits per heavy atom. The van der Waals surface area contributed by atoms with E-state index in [9.17, 15) is 4.79 Å². The first kappa shape index (κ1) is 9.79. The lowest BCUT2D eigenvalue weighted by Crippen LogP contribution is -2.04. The maximum Gasteiger partial charge on any atom is 0.166 e. The molecule has 0 atom stereocenters. The van der Waals surface area contributed by atoms with Gasteiger partial charge in [-0.2, -0.15) is 0 Å².